The van der Waals surface area contributed by atoms with Crippen molar-refractivity contribution in [1.29, 1.82) is 5.26 Å². The highest BCUT2D eigenvalue weighted by Gasteiger charge is 2.07. The lowest BCUT2D eigenvalue weighted by Crippen LogP contribution is -1.97. The van der Waals surface area contributed by atoms with E-state index in [1.165, 1.54) is 24.3 Å². The number of halogens is 2. The maximum Gasteiger partial charge on any atom is 0.269 e. The smallest absolute Gasteiger partial charge is 0.269 e. The van der Waals surface area contributed by atoms with Gasteiger partial charge in [0.2, 0.25) is 0 Å². The van der Waals surface area contributed by atoms with Gasteiger partial charge in [0, 0.05) is 12.1 Å². The second-order valence-electron chi connectivity index (χ2n) is 6.08. The maximum atomic E-state index is 13.4. The molecular weight excluding hydrogens is 439 g/mol. The number of hydrogen-bond donors (Lipinski definition) is 0. The van der Waals surface area contributed by atoms with Crippen LogP contribution in [0.5, 0.6) is 5.75 Å². The summed E-state index contributed by atoms with van der Waals surface area (Å²) >= 11 is 3.44. The van der Waals surface area contributed by atoms with Gasteiger partial charge in [-0.25, -0.2) is 4.39 Å². The van der Waals surface area contributed by atoms with E-state index in [2.05, 4.69) is 22.0 Å². The summed E-state index contributed by atoms with van der Waals surface area (Å²) < 4.78 is 19.9. The molecule has 0 saturated carbocycles. The van der Waals surface area contributed by atoms with Crippen LogP contribution in [0.25, 0.3) is 11.6 Å². The van der Waals surface area contributed by atoms with Crippen LogP contribution >= 0.6 is 15.9 Å². The van der Waals surface area contributed by atoms with Crippen molar-refractivity contribution in [3.05, 3.63) is 104 Å². The minimum atomic E-state index is -0.452. The number of benzene rings is 3. The van der Waals surface area contributed by atoms with E-state index >= 15 is 0 Å². The van der Waals surface area contributed by atoms with Crippen LogP contribution in [0.1, 0.15) is 16.7 Å². The fourth-order valence-electron chi connectivity index (χ4n) is 2.60. The summed E-state index contributed by atoms with van der Waals surface area (Å²) in [4.78, 5) is 10.2. The molecule has 5 nitrogen and oxygen atoms in total. The topological polar surface area (TPSA) is 76.2 Å². The fourth-order valence-corrected chi connectivity index (χ4v) is 3.11. The van der Waals surface area contributed by atoms with Crippen LogP contribution in [0.15, 0.2) is 71.2 Å². The molecule has 0 unspecified atom stereocenters. The molecule has 144 valence electrons. The Morgan fingerprint density at radius 3 is 2.55 bits per heavy atom. The summed E-state index contributed by atoms with van der Waals surface area (Å²) in [6.07, 6.45) is 1.67. The molecule has 29 heavy (non-hydrogen) atoms. The highest BCUT2D eigenvalue weighted by atomic mass is 79.9. The van der Waals surface area contributed by atoms with Gasteiger partial charge >= 0.3 is 0 Å². The van der Waals surface area contributed by atoms with E-state index in [-0.39, 0.29) is 12.3 Å². The molecule has 0 aliphatic rings. The first-order valence-corrected chi connectivity index (χ1v) is 9.29. The Morgan fingerprint density at radius 2 is 1.93 bits per heavy atom. The Balaban J connectivity index is 1.74. The Kier molecular flexibility index (Phi) is 6.37. The monoisotopic (exact) mass is 452 g/mol. The van der Waals surface area contributed by atoms with Crippen molar-refractivity contribution in [2.75, 3.05) is 0 Å². The Morgan fingerprint density at radius 1 is 1.17 bits per heavy atom. The number of hydrogen-bond acceptors (Lipinski definition) is 4. The molecule has 7 heteroatoms. The quantitative estimate of drug-likeness (QED) is 0.195. The molecule has 0 aromatic heterocycles. The SMILES string of the molecule is N#C/C(=C/c1ccc(OCc2ccc([N+](=O)[O-])cc2)c(Br)c1)c1cccc(F)c1. The number of nitriles is 1. The zero-order valence-corrected chi connectivity index (χ0v) is 16.6. The number of ether oxygens (including phenoxy) is 1. The van der Waals surface area contributed by atoms with Crippen molar-refractivity contribution < 1.29 is 14.1 Å². The van der Waals surface area contributed by atoms with Crippen LogP contribution in [0, 0.1) is 27.3 Å². The Bertz CT molecular complexity index is 1120. The molecule has 3 aromatic carbocycles. The number of nitro benzene ring substituents is 1. The largest absolute Gasteiger partial charge is 0.488 e. The third-order valence-electron chi connectivity index (χ3n) is 4.06. The standard InChI is InChI=1S/C22H14BrFN2O3/c23-21-11-16(10-18(13-25)17-2-1-3-19(24)12-17)6-9-22(21)29-14-15-4-7-20(8-5-15)26(27)28/h1-12H,14H2/b18-10-. The third-order valence-corrected chi connectivity index (χ3v) is 4.68. The molecular formula is C22H14BrFN2O3. The zero-order valence-electron chi connectivity index (χ0n) is 15.0. The van der Waals surface area contributed by atoms with Gasteiger partial charge in [-0.1, -0.05) is 18.2 Å². The van der Waals surface area contributed by atoms with E-state index in [9.17, 15) is 19.8 Å². The minimum Gasteiger partial charge on any atom is -0.488 e. The molecule has 0 aliphatic carbocycles. The molecule has 0 saturated heterocycles. The summed E-state index contributed by atoms with van der Waals surface area (Å²) in [5.41, 5.74) is 2.42. The maximum absolute atomic E-state index is 13.4. The lowest BCUT2D eigenvalue weighted by atomic mass is 10.0. The van der Waals surface area contributed by atoms with Gasteiger partial charge in [-0.15, -0.1) is 0 Å². The van der Waals surface area contributed by atoms with Gasteiger partial charge < -0.3 is 4.74 Å². The normalized spacial score (nSPS) is 11.0. The van der Waals surface area contributed by atoms with Gasteiger partial charge in [0.1, 0.15) is 18.2 Å². The van der Waals surface area contributed by atoms with Crippen molar-refractivity contribution in [1.82, 2.24) is 0 Å². The number of allylic oxidation sites excluding steroid dienone is 1. The van der Waals surface area contributed by atoms with Crippen LogP contribution < -0.4 is 4.74 Å². The lowest BCUT2D eigenvalue weighted by Gasteiger charge is -2.09. The first-order chi connectivity index (χ1) is 14.0. The second-order valence-corrected chi connectivity index (χ2v) is 6.94. The molecule has 0 spiro atoms. The van der Waals surface area contributed by atoms with E-state index in [1.54, 1.807) is 48.5 Å². The van der Waals surface area contributed by atoms with Gasteiger partial charge in [-0.05, 0) is 75.1 Å². The highest BCUT2D eigenvalue weighted by molar-refractivity contribution is 9.10. The van der Waals surface area contributed by atoms with Crippen LogP contribution in [-0.2, 0) is 6.61 Å². The Hall–Kier alpha value is -3.50. The molecule has 3 aromatic rings. The van der Waals surface area contributed by atoms with Gasteiger partial charge in [0.15, 0.2) is 0 Å². The van der Waals surface area contributed by atoms with Gasteiger partial charge in [-0.2, -0.15) is 5.26 Å². The summed E-state index contributed by atoms with van der Waals surface area (Å²) in [5, 5.41) is 20.1. The predicted octanol–water partition coefficient (Wildman–Crippen LogP) is 6.14. The molecule has 0 amide bonds. The number of nitrogens with zero attached hydrogens (tertiary/aromatic N) is 2. The Labute approximate surface area is 175 Å². The van der Waals surface area contributed by atoms with Crippen molar-refractivity contribution in [3.8, 4) is 11.8 Å². The molecule has 0 fully saturated rings. The molecule has 0 bridgehead atoms. The van der Waals surface area contributed by atoms with Gasteiger partial charge in [0.25, 0.3) is 5.69 Å². The van der Waals surface area contributed by atoms with Crippen LogP contribution in [0.4, 0.5) is 10.1 Å². The zero-order chi connectivity index (χ0) is 20.8. The van der Waals surface area contributed by atoms with Crippen molar-refractivity contribution in [2.24, 2.45) is 0 Å². The summed E-state index contributed by atoms with van der Waals surface area (Å²) in [7, 11) is 0. The van der Waals surface area contributed by atoms with Crippen molar-refractivity contribution in [2.45, 2.75) is 6.61 Å². The predicted molar refractivity (Wildman–Crippen MR) is 111 cm³/mol. The summed E-state index contributed by atoms with van der Waals surface area (Å²) in [6.45, 7) is 0.249. The molecule has 0 heterocycles. The van der Waals surface area contributed by atoms with Gasteiger partial charge in [0.05, 0.1) is 21.0 Å². The molecule has 3 rings (SSSR count). The molecule has 0 radical (unpaired) electrons. The highest BCUT2D eigenvalue weighted by Crippen LogP contribution is 2.29. The minimum absolute atomic E-state index is 0.0256. The average molecular weight is 453 g/mol. The first kappa shape index (κ1) is 20.2. The van der Waals surface area contributed by atoms with E-state index in [1.807, 2.05) is 0 Å². The summed E-state index contributed by atoms with van der Waals surface area (Å²) in [5.74, 6) is 0.185. The van der Waals surface area contributed by atoms with Gasteiger partial charge in [-0.3, -0.25) is 10.1 Å². The van der Waals surface area contributed by atoms with E-state index < -0.39 is 10.7 Å². The van der Waals surface area contributed by atoms with Crippen LogP contribution in [0.3, 0.4) is 0 Å². The van der Waals surface area contributed by atoms with Crippen LogP contribution in [-0.4, -0.2) is 4.92 Å². The number of rotatable bonds is 6. The number of nitro groups is 1. The lowest BCUT2D eigenvalue weighted by molar-refractivity contribution is -0.384. The van der Waals surface area contributed by atoms with Crippen LogP contribution in [0.2, 0.25) is 0 Å². The van der Waals surface area contributed by atoms with E-state index in [0.717, 1.165) is 11.1 Å². The summed E-state index contributed by atoms with van der Waals surface area (Å²) in [6, 6.07) is 19.4. The van der Waals surface area contributed by atoms with Crippen molar-refractivity contribution >= 4 is 33.3 Å². The molecule has 0 aliphatic heterocycles. The first-order valence-electron chi connectivity index (χ1n) is 8.49. The second kappa shape index (κ2) is 9.13. The molecule has 0 atom stereocenters. The number of non-ortho nitro benzene ring substituents is 1. The van der Waals surface area contributed by atoms with E-state index in [4.69, 9.17) is 4.74 Å². The molecule has 0 N–H and O–H groups in total. The van der Waals surface area contributed by atoms with E-state index in [0.29, 0.717) is 21.4 Å². The average Bonchev–Trinajstić information content (AvgIpc) is 2.71. The fraction of sp³-hybridized carbons (Fsp3) is 0.0455. The van der Waals surface area contributed by atoms with Crippen molar-refractivity contribution in [3.63, 3.8) is 0 Å². The third kappa shape index (κ3) is 5.27.